The quantitative estimate of drug-likeness (QED) is 0.199. The number of rotatable bonds is 12. The molecule has 2 unspecified atom stereocenters. The zero-order valence-corrected chi connectivity index (χ0v) is 27.7. The smallest absolute Gasteiger partial charge is 0.416 e. The molecule has 0 aliphatic heterocycles. The topological polar surface area (TPSA) is 91.6 Å². The molecule has 2 aromatic carbocycles. The van der Waals surface area contributed by atoms with E-state index in [0.717, 1.165) is 27.5 Å². The maximum absolute atomic E-state index is 15.7. The molecule has 1 amide bonds. The molecule has 0 saturated heterocycles. The summed E-state index contributed by atoms with van der Waals surface area (Å²) in [5, 5.41) is 12.9. The van der Waals surface area contributed by atoms with Crippen molar-refractivity contribution in [3.63, 3.8) is 0 Å². The summed E-state index contributed by atoms with van der Waals surface area (Å²) in [6.07, 6.45) is -4.40. The number of hydrogen-bond donors (Lipinski definition) is 2. The summed E-state index contributed by atoms with van der Waals surface area (Å²) in [5.74, 6) is -3.03. The fraction of sp³-hybridized carbons (Fsp3) is 0.441. The van der Waals surface area contributed by atoms with Gasteiger partial charge in [0.25, 0.3) is 5.56 Å². The minimum atomic E-state index is -4.79. The van der Waals surface area contributed by atoms with E-state index in [0.29, 0.717) is 16.7 Å². The van der Waals surface area contributed by atoms with Gasteiger partial charge < -0.3 is 19.9 Å². The fourth-order valence-electron chi connectivity index (χ4n) is 5.68. The lowest BCUT2D eigenvalue weighted by molar-refractivity contribution is -0.139. The summed E-state index contributed by atoms with van der Waals surface area (Å²) in [6.45, 7) is 9.02. The second-order valence-electron chi connectivity index (χ2n) is 12.4. The molecule has 12 heteroatoms. The van der Waals surface area contributed by atoms with E-state index in [1.54, 1.807) is 51.0 Å². The molecule has 3 rings (SSSR count). The number of aliphatic carboxylic acids is 1. The van der Waals surface area contributed by atoms with E-state index >= 15 is 4.39 Å². The highest BCUT2D eigenvalue weighted by Gasteiger charge is 2.36. The van der Waals surface area contributed by atoms with Gasteiger partial charge in [0.2, 0.25) is 5.91 Å². The zero-order valence-electron chi connectivity index (χ0n) is 27.0. The Kier molecular flexibility index (Phi) is 11.8. The van der Waals surface area contributed by atoms with Gasteiger partial charge >= 0.3 is 12.1 Å². The van der Waals surface area contributed by atoms with Crippen LogP contribution in [0.4, 0.5) is 17.6 Å². The Morgan fingerprint density at radius 3 is 2.15 bits per heavy atom. The predicted octanol–water partition coefficient (Wildman–Crippen LogP) is 7.28. The number of carboxylic acid groups (broad SMARTS) is 1. The lowest BCUT2D eigenvalue weighted by Crippen LogP contribution is -2.41. The summed E-state index contributed by atoms with van der Waals surface area (Å²) in [6, 6.07) is 4.46. The Morgan fingerprint density at radius 1 is 1.02 bits per heavy atom. The highest BCUT2D eigenvalue weighted by atomic mass is 35.5. The van der Waals surface area contributed by atoms with Gasteiger partial charge in [-0.25, -0.2) is 4.39 Å². The average Bonchev–Trinajstić information content (AvgIpc) is 2.90. The average molecular weight is 666 g/mol. The maximum Gasteiger partial charge on any atom is 0.416 e. The van der Waals surface area contributed by atoms with Gasteiger partial charge in [0.1, 0.15) is 11.9 Å². The van der Waals surface area contributed by atoms with Crippen LogP contribution >= 0.6 is 11.6 Å². The molecule has 0 radical (unpaired) electrons. The lowest BCUT2D eigenvalue weighted by Gasteiger charge is -2.27. The maximum atomic E-state index is 15.7. The zero-order chi connectivity index (χ0) is 34.7. The van der Waals surface area contributed by atoms with Crippen LogP contribution in [0.5, 0.6) is 0 Å². The molecule has 1 heterocycles. The number of alkyl halides is 3. The number of hydrogen-bond acceptors (Lipinski definition) is 4. The number of carbonyl (C=O) groups is 2. The van der Waals surface area contributed by atoms with Crippen molar-refractivity contribution in [2.45, 2.75) is 72.1 Å². The molecular formula is C34H40ClF4N3O4. The molecule has 0 spiro atoms. The third-order valence-corrected chi connectivity index (χ3v) is 7.99. The van der Waals surface area contributed by atoms with Gasteiger partial charge in [0, 0.05) is 29.4 Å². The summed E-state index contributed by atoms with van der Waals surface area (Å²) in [7, 11) is 3.40. The van der Waals surface area contributed by atoms with Crippen molar-refractivity contribution < 1.29 is 32.3 Å². The molecule has 250 valence electrons. The number of likely N-dealkylation sites (N-methyl/N-ethyl adjacent to an activating group) is 1. The standard InChI is InChI=1S/C34H40ClF4N3O4/c1-18(2)10-28(42-17-22(8-9-41(6)7)26(15-29(42)43)34(37,38)39)33(46)40-27(16-30(44)45)25-14-23(11-21(5)32(25)36)31-19(3)12-24(35)13-20(31)4/h11-15,17-18,27-28H,8-10,16H2,1-7H3,(H,40,46)(H,44,45). The third kappa shape index (κ3) is 8.97. The van der Waals surface area contributed by atoms with E-state index in [2.05, 4.69) is 5.32 Å². The Bertz CT molecular complexity index is 1640. The Hall–Kier alpha value is -3.70. The second-order valence-corrected chi connectivity index (χ2v) is 12.9. The molecule has 0 aliphatic rings. The summed E-state index contributed by atoms with van der Waals surface area (Å²) in [4.78, 5) is 40.7. The van der Waals surface area contributed by atoms with Crippen molar-refractivity contribution >= 4 is 23.5 Å². The van der Waals surface area contributed by atoms with Gasteiger partial charge in [-0.1, -0.05) is 25.4 Å². The SMILES string of the molecule is Cc1cc(-c2c(C)cc(Cl)cc2C)cc(C(CC(=O)O)NC(=O)C(CC(C)C)n2cc(CCN(C)C)c(C(F)(F)F)cc2=O)c1F. The summed E-state index contributed by atoms with van der Waals surface area (Å²) >= 11 is 6.21. The molecule has 3 aromatic rings. The number of halogens is 5. The molecule has 2 atom stereocenters. The van der Waals surface area contributed by atoms with Gasteiger partial charge in [-0.2, -0.15) is 13.2 Å². The van der Waals surface area contributed by atoms with Crippen molar-refractivity contribution in [3.05, 3.63) is 91.1 Å². The molecule has 7 nitrogen and oxygen atoms in total. The predicted molar refractivity (Wildman–Crippen MR) is 171 cm³/mol. The number of benzene rings is 2. The first-order valence-electron chi connectivity index (χ1n) is 14.9. The minimum Gasteiger partial charge on any atom is -0.481 e. The first kappa shape index (κ1) is 36.8. The Labute approximate surface area is 271 Å². The van der Waals surface area contributed by atoms with E-state index < -0.39 is 53.5 Å². The lowest BCUT2D eigenvalue weighted by atomic mass is 9.90. The van der Waals surface area contributed by atoms with Crippen LogP contribution in [0.1, 0.15) is 72.2 Å². The Balaban J connectivity index is 2.15. The molecule has 0 aliphatic carbocycles. The normalized spacial score (nSPS) is 13.3. The van der Waals surface area contributed by atoms with Gasteiger partial charge in [0.05, 0.1) is 18.0 Å². The van der Waals surface area contributed by atoms with Crippen molar-refractivity contribution in [1.82, 2.24) is 14.8 Å². The first-order valence-corrected chi connectivity index (χ1v) is 15.2. The second kappa shape index (κ2) is 14.8. The largest absolute Gasteiger partial charge is 0.481 e. The van der Waals surface area contributed by atoms with Crippen LogP contribution < -0.4 is 10.9 Å². The number of pyridine rings is 1. The molecule has 2 N–H and O–H groups in total. The van der Waals surface area contributed by atoms with Crippen LogP contribution in [0.3, 0.4) is 0 Å². The van der Waals surface area contributed by atoms with Crippen molar-refractivity contribution in [2.24, 2.45) is 5.92 Å². The molecule has 0 bridgehead atoms. The fourth-order valence-corrected chi connectivity index (χ4v) is 6.01. The van der Waals surface area contributed by atoms with Crippen molar-refractivity contribution in [3.8, 4) is 11.1 Å². The van der Waals surface area contributed by atoms with Crippen LogP contribution in [-0.2, 0) is 22.2 Å². The molecular weight excluding hydrogens is 626 g/mol. The van der Waals surface area contributed by atoms with Crippen LogP contribution in [0.2, 0.25) is 5.02 Å². The highest BCUT2D eigenvalue weighted by Crippen LogP contribution is 2.36. The van der Waals surface area contributed by atoms with Gasteiger partial charge in [-0.15, -0.1) is 0 Å². The van der Waals surface area contributed by atoms with Gasteiger partial charge in [-0.05, 0) is 111 Å². The number of nitrogens with zero attached hydrogens (tertiary/aromatic N) is 2. The monoisotopic (exact) mass is 665 g/mol. The summed E-state index contributed by atoms with van der Waals surface area (Å²) < 4.78 is 58.4. The van der Waals surface area contributed by atoms with E-state index in [4.69, 9.17) is 11.6 Å². The number of carbonyl (C=O) groups excluding carboxylic acids is 1. The highest BCUT2D eigenvalue weighted by molar-refractivity contribution is 6.30. The molecule has 46 heavy (non-hydrogen) atoms. The molecule has 0 fully saturated rings. The van der Waals surface area contributed by atoms with Crippen LogP contribution in [0, 0.1) is 32.5 Å². The number of amides is 1. The van der Waals surface area contributed by atoms with Crippen molar-refractivity contribution in [1.29, 1.82) is 0 Å². The number of aryl methyl sites for hydroxylation is 3. The Morgan fingerprint density at radius 2 is 1.63 bits per heavy atom. The van der Waals surface area contributed by atoms with Crippen molar-refractivity contribution in [2.75, 3.05) is 20.6 Å². The van der Waals surface area contributed by atoms with E-state index in [9.17, 15) is 32.7 Å². The first-order chi connectivity index (χ1) is 21.3. The minimum absolute atomic E-state index is 0.0411. The van der Waals surface area contributed by atoms with Crippen LogP contribution in [0.25, 0.3) is 11.1 Å². The van der Waals surface area contributed by atoms with Gasteiger partial charge in [0.15, 0.2) is 0 Å². The van der Waals surface area contributed by atoms with Crippen LogP contribution in [-0.4, -0.2) is 47.1 Å². The third-order valence-electron chi connectivity index (χ3n) is 7.77. The molecule has 0 saturated carbocycles. The number of aromatic nitrogens is 1. The van der Waals surface area contributed by atoms with Crippen LogP contribution in [0.15, 0.2) is 41.3 Å². The summed E-state index contributed by atoms with van der Waals surface area (Å²) in [5.41, 5.74) is 0.853. The van der Waals surface area contributed by atoms with E-state index in [1.807, 2.05) is 13.8 Å². The van der Waals surface area contributed by atoms with Gasteiger partial charge in [-0.3, -0.25) is 14.4 Å². The molecule has 1 aromatic heterocycles. The van der Waals surface area contributed by atoms with E-state index in [-0.39, 0.29) is 42.0 Å². The number of nitrogens with one attached hydrogen (secondary N) is 1. The number of carboxylic acids is 1. The van der Waals surface area contributed by atoms with E-state index in [1.165, 1.54) is 13.0 Å².